The fraction of sp³-hybridized carbons (Fsp3) is 0.211. The Morgan fingerprint density at radius 3 is 2.54 bits per heavy atom. The Morgan fingerprint density at radius 2 is 1.79 bits per heavy atom. The fourth-order valence-electron chi connectivity index (χ4n) is 2.57. The number of thiocarbonyl (C=S) groups is 1. The van der Waals surface area contributed by atoms with Crippen LogP contribution in [0.15, 0.2) is 60.9 Å². The van der Waals surface area contributed by atoms with E-state index in [1.165, 1.54) is 5.56 Å². The Morgan fingerprint density at radius 1 is 1.04 bits per heavy atom. The summed E-state index contributed by atoms with van der Waals surface area (Å²) in [6.45, 7) is 3.87. The molecule has 0 radical (unpaired) electrons. The predicted molar refractivity (Wildman–Crippen MR) is 103 cm³/mol. The predicted octanol–water partition coefficient (Wildman–Crippen LogP) is 4.24. The normalized spacial score (nSPS) is 10.5. The van der Waals surface area contributed by atoms with Gasteiger partial charge in [0.15, 0.2) is 5.11 Å². The molecule has 1 heterocycles. The Balaban J connectivity index is 1.74. The molecule has 0 saturated heterocycles. The second kappa shape index (κ2) is 7.84. The van der Waals surface area contributed by atoms with Crippen LogP contribution in [0.4, 0.5) is 5.69 Å². The van der Waals surface area contributed by atoms with Gasteiger partial charge in [-0.3, -0.25) is 9.97 Å². The first-order chi connectivity index (χ1) is 11.8. The van der Waals surface area contributed by atoms with Gasteiger partial charge in [-0.1, -0.05) is 37.3 Å². The van der Waals surface area contributed by atoms with Gasteiger partial charge in [-0.15, -0.1) is 0 Å². The number of hydrogen-bond donors (Lipinski definition) is 1. The molecule has 0 spiro atoms. The SMILES string of the molecule is CCCN(Cc1ccccc1)C(=S)Nc1ccc2nccnc2c1. The third-order valence-electron chi connectivity index (χ3n) is 3.72. The minimum Gasteiger partial charge on any atom is -0.345 e. The number of fused-ring (bicyclic) bond motifs is 1. The first kappa shape index (κ1) is 16.3. The molecule has 1 aromatic heterocycles. The number of hydrogen-bond acceptors (Lipinski definition) is 3. The van der Waals surface area contributed by atoms with E-state index < -0.39 is 0 Å². The van der Waals surface area contributed by atoms with Gasteiger partial charge >= 0.3 is 0 Å². The molecule has 24 heavy (non-hydrogen) atoms. The molecular formula is C19H20N4S. The second-order valence-electron chi connectivity index (χ2n) is 5.60. The van der Waals surface area contributed by atoms with Gasteiger partial charge < -0.3 is 10.2 Å². The zero-order chi connectivity index (χ0) is 16.8. The standard InChI is InChI=1S/C19H20N4S/c1-2-12-23(14-15-6-4-3-5-7-15)19(24)22-16-8-9-17-18(13-16)21-11-10-20-17/h3-11,13H,2,12,14H2,1H3,(H,22,24). The molecule has 2 aromatic carbocycles. The summed E-state index contributed by atoms with van der Waals surface area (Å²) in [6, 6.07) is 16.3. The van der Waals surface area contributed by atoms with E-state index in [1.807, 2.05) is 24.3 Å². The van der Waals surface area contributed by atoms with Gasteiger partial charge in [-0.25, -0.2) is 0 Å². The number of aromatic nitrogens is 2. The van der Waals surface area contributed by atoms with Crippen LogP contribution >= 0.6 is 12.2 Å². The highest BCUT2D eigenvalue weighted by atomic mass is 32.1. The third-order valence-corrected chi connectivity index (χ3v) is 4.08. The molecule has 0 fully saturated rings. The molecule has 1 N–H and O–H groups in total. The van der Waals surface area contributed by atoms with Crippen molar-refractivity contribution in [1.82, 2.24) is 14.9 Å². The van der Waals surface area contributed by atoms with Crippen LogP contribution < -0.4 is 5.32 Å². The summed E-state index contributed by atoms with van der Waals surface area (Å²) < 4.78 is 0. The smallest absolute Gasteiger partial charge is 0.173 e. The van der Waals surface area contributed by atoms with E-state index >= 15 is 0 Å². The fourth-order valence-corrected chi connectivity index (χ4v) is 2.84. The van der Waals surface area contributed by atoms with Crippen molar-refractivity contribution in [2.75, 3.05) is 11.9 Å². The lowest BCUT2D eigenvalue weighted by molar-refractivity contribution is 0.418. The molecule has 122 valence electrons. The summed E-state index contributed by atoms with van der Waals surface area (Å²) in [5, 5.41) is 4.05. The van der Waals surface area contributed by atoms with E-state index in [-0.39, 0.29) is 0 Å². The quantitative estimate of drug-likeness (QED) is 0.706. The minimum atomic E-state index is 0.726. The maximum absolute atomic E-state index is 5.62. The molecule has 0 aliphatic carbocycles. The molecule has 3 rings (SSSR count). The second-order valence-corrected chi connectivity index (χ2v) is 5.98. The van der Waals surface area contributed by atoms with E-state index in [2.05, 4.69) is 51.4 Å². The van der Waals surface area contributed by atoms with E-state index in [4.69, 9.17) is 12.2 Å². The zero-order valence-electron chi connectivity index (χ0n) is 13.6. The summed E-state index contributed by atoms with van der Waals surface area (Å²) in [6.07, 6.45) is 4.43. The van der Waals surface area contributed by atoms with Crippen molar-refractivity contribution in [3.05, 3.63) is 66.5 Å². The van der Waals surface area contributed by atoms with Crippen LogP contribution in [-0.4, -0.2) is 26.5 Å². The van der Waals surface area contributed by atoms with E-state index in [0.29, 0.717) is 0 Å². The average molecular weight is 336 g/mol. The van der Waals surface area contributed by atoms with Crippen LogP contribution in [0, 0.1) is 0 Å². The lowest BCUT2D eigenvalue weighted by Gasteiger charge is -2.25. The van der Waals surface area contributed by atoms with Crippen molar-refractivity contribution in [3.8, 4) is 0 Å². The largest absolute Gasteiger partial charge is 0.345 e. The molecule has 0 aliphatic heterocycles. The summed E-state index contributed by atoms with van der Waals surface area (Å²) in [4.78, 5) is 10.8. The van der Waals surface area contributed by atoms with Gasteiger partial charge in [0.2, 0.25) is 0 Å². The lowest BCUT2D eigenvalue weighted by Crippen LogP contribution is -2.34. The Hall–Kier alpha value is -2.53. The van der Waals surface area contributed by atoms with Crippen molar-refractivity contribution in [1.29, 1.82) is 0 Å². The molecule has 5 heteroatoms. The van der Waals surface area contributed by atoms with Gasteiger partial charge in [0, 0.05) is 31.2 Å². The number of nitrogens with one attached hydrogen (secondary N) is 1. The average Bonchev–Trinajstić information content (AvgIpc) is 2.62. The van der Waals surface area contributed by atoms with E-state index in [1.54, 1.807) is 12.4 Å². The van der Waals surface area contributed by atoms with Gasteiger partial charge in [-0.05, 0) is 42.4 Å². The maximum Gasteiger partial charge on any atom is 0.173 e. The van der Waals surface area contributed by atoms with Crippen LogP contribution in [0.2, 0.25) is 0 Å². The number of nitrogens with zero attached hydrogens (tertiary/aromatic N) is 3. The molecule has 0 atom stereocenters. The van der Waals surface area contributed by atoms with Crippen LogP contribution in [0.1, 0.15) is 18.9 Å². The Kier molecular flexibility index (Phi) is 5.33. The van der Waals surface area contributed by atoms with Gasteiger partial charge in [0.25, 0.3) is 0 Å². The summed E-state index contributed by atoms with van der Waals surface area (Å²) >= 11 is 5.62. The summed E-state index contributed by atoms with van der Waals surface area (Å²) in [5.41, 5.74) is 3.92. The Bertz CT molecular complexity index is 820. The maximum atomic E-state index is 5.62. The molecule has 0 amide bonds. The molecule has 0 bridgehead atoms. The Labute approximate surface area is 147 Å². The van der Waals surface area contributed by atoms with E-state index in [9.17, 15) is 0 Å². The van der Waals surface area contributed by atoms with Crippen LogP contribution in [0.3, 0.4) is 0 Å². The molecule has 0 saturated carbocycles. The van der Waals surface area contributed by atoms with Crippen molar-refractivity contribution in [2.24, 2.45) is 0 Å². The number of anilines is 1. The highest BCUT2D eigenvalue weighted by Crippen LogP contribution is 2.16. The molecule has 3 aromatic rings. The van der Waals surface area contributed by atoms with Gasteiger partial charge in [-0.2, -0.15) is 0 Å². The summed E-state index contributed by atoms with van der Waals surface area (Å²) in [5.74, 6) is 0. The van der Waals surface area contributed by atoms with Crippen molar-refractivity contribution in [2.45, 2.75) is 19.9 Å². The first-order valence-corrected chi connectivity index (χ1v) is 8.47. The zero-order valence-corrected chi connectivity index (χ0v) is 14.5. The topological polar surface area (TPSA) is 41.0 Å². The minimum absolute atomic E-state index is 0.726. The number of rotatable bonds is 5. The van der Waals surface area contributed by atoms with Crippen molar-refractivity contribution >= 4 is 34.1 Å². The molecular weight excluding hydrogens is 316 g/mol. The molecule has 0 unspecified atom stereocenters. The highest BCUT2D eigenvalue weighted by Gasteiger charge is 2.10. The van der Waals surface area contributed by atoms with Gasteiger partial charge in [0.1, 0.15) is 0 Å². The van der Waals surface area contributed by atoms with Crippen molar-refractivity contribution in [3.63, 3.8) is 0 Å². The summed E-state index contributed by atoms with van der Waals surface area (Å²) in [7, 11) is 0. The van der Waals surface area contributed by atoms with Crippen LogP contribution in [0.25, 0.3) is 11.0 Å². The monoisotopic (exact) mass is 336 g/mol. The number of benzene rings is 2. The first-order valence-electron chi connectivity index (χ1n) is 8.07. The lowest BCUT2D eigenvalue weighted by atomic mass is 10.2. The highest BCUT2D eigenvalue weighted by molar-refractivity contribution is 7.80. The van der Waals surface area contributed by atoms with Gasteiger partial charge in [0.05, 0.1) is 11.0 Å². The van der Waals surface area contributed by atoms with Crippen LogP contribution in [-0.2, 0) is 6.54 Å². The van der Waals surface area contributed by atoms with E-state index in [0.717, 1.165) is 41.3 Å². The molecule has 4 nitrogen and oxygen atoms in total. The molecule has 0 aliphatic rings. The van der Waals surface area contributed by atoms with Crippen LogP contribution in [0.5, 0.6) is 0 Å². The van der Waals surface area contributed by atoms with Crippen molar-refractivity contribution < 1.29 is 0 Å². The third kappa shape index (κ3) is 4.06.